The standard InChI is InChI=1S/C48H44Cl4N2O4/c1-29-25-33(53-21-5-6-22-53)13-19-37(29)39(31-9-15-35(56-3)16-10-31)27-48(42-41(47(55)58-48)43(49)45(51)46(52)44(42)50)28-40(32-11-17-36(57-4)18-12-32)38-20-14-34(26-30(38)2)54-23-7-8-24-54/h9-20,25-28H,5-8,21-24H2,1-4H3/b39-27+,40-28+. The molecule has 0 aliphatic carbocycles. The van der Waals surface area contributed by atoms with Crippen molar-refractivity contribution in [3.63, 3.8) is 0 Å². The number of ether oxygens (including phenoxy) is 3. The van der Waals surface area contributed by atoms with Crippen LogP contribution in [0, 0.1) is 13.8 Å². The van der Waals surface area contributed by atoms with Crippen molar-refractivity contribution in [2.45, 2.75) is 45.1 Å². The van der Waals surface area contributed by atoms with Crippen LogP contribution in [0.2, 0.25) is 20.1 Å². The minimum atomic E-state index is -1.63. The van der Waals surface area contributed by atoms with Gasteiger partial charge in [-0.25, -0.2) is 4.79 Å². The maximum atomic E-state index is 14.3. The molecule has 0 N–H and O–H groups in total. The van der Waals surface area contributed by atoms with Gasteiger partial charge >= 0.3 is 5.97 Å². The molecule has 6 nitrogen and oxygen atoms in total. The zero-order valence-electron chi connectivity index (χ0n) is 32.9. The van der Waals surface area contributed by atoms with E-state index in [1.54, 1.807) is 14.2 Å². The molecule has 0 radical (unpaired) electrons. The zero-order valence-corrected chi connectivity index (χ0v) is 36.0. The Hall–Kier alpha value is -4.59. The lowest BCUT2D eigenvalue weighted by molar-refractivity contribution is 0.0300. The van der Waals surface area contributed by atoms with E-state index in [4.69, 9.17) is 60.6 Å². The minimum Gasteiger partial charge on any atom is -0.497 e. The van der Waals surface area contributed by atoms with Crippen LogP contribution in [0.3, 0.4) is 0 Å². The highest BCUT2D eigenvalue weighted by molar-refractivity contribution is 6.53. The number of hydrogen-bond donors (Lipinski definition) is 0. The first-order valence-corrected chi connectivity index (χ1v) is 21.1. The molecule has 0 atom stereocenters. The van der Waals surface area contributed by atoms with E-state index in [0.717, 1.165) is 70.7 Å². The predicted molar refractivity (Wildman–Crippen MR) is 239 cm³/mol. The maximum absolute atomic E-state index is 14.3. The number of halogens is 4. The Labute approximate surface area is 360 Å². The van der Waals surface area contributed by atoms with Crippen molar-refractivity contribution in [2.24, 2.45) is 0 Å². The van der Waals surface area contributed by atoms with Gasteiger partial charge in [0.1, 0.15) is 11.5 Å². The van der Waals surface area contributed by atoms with Gasteiger partial charge in [0.2, 0.25) is 0 Å². The number of rotatable bonds is 10. The number of aryl methyl sites for hydroxylation is 2. The van der Waals surface area contributed by atoms with Crippen LogP contribution in [0.25, 0.3) is 11.1 Å². The lowest BCUT2D eigenvalue weighted by atomic mass is 9.82. The van der Waals surface area contributed by atoms with Gasteiger partial charge in [0.15, 0.2) is 5.60 Å². The van der Waals surface area contributed by atoms with Gasteiger partial charge in [0, 0.05) is 43.1 Å². The molecule has 58 heavy (non-hydrogen) atoms. The van der Waals surface area contributed by atoms with Crippen molar-refractivity contribution in [1.82, 2.24) is 0 Å². The van der Waals surface area contributed by atoms with E-state index in [-0.39, 0.29) is 25.7 Å². The summed E-state index contributed by atoms with van der Waals surface area (Å²) in [7, 11) is 3.28. The third-order valence-corrected chi connectivity index (χ3v) is 13.4. The van der Waals surface area contributed by atoms with Gasteiger partial charge in [-0.2, -0.15) is 0 Å². The molecule has 3 aliphatic rings. The molecule has 0 unspecified atom stereocenters. The summed E-state index contributed by atoms with van der Waals surface area (Å²) in [6, 6.07) is 28.8. The van der Waals surface area contributed by atoms with E-state index in [1.807, 2.05) is 60.7 Å². The number of benzene rings is 5. The summed E-state index contributed by atoms with van der Waals surface area (Å²) in [4.78, 5) is 19.2. The summed E-state index contributed by atoms with van der Waals surface area (Å²) in [6.45, 7) is 8.31. The zero-order chi connectivity index (χ0) is 40.7. The molecular formula is C48H44Cl4N2O4. The number of esters is 1. The number of fused-ring (bicyclic) bond motifs is 1. The summed E-state index contributed by atoms with van der Waals surface area (Å²) < 4.78 is 17.8. The quantitative estimate of drug-likeness (QED) is 0.0792. The number of hydrogen-bond acceptors (Lipinski definition) is 6. The van der Waals surface area contributed by atoms with Gasteiger partial charge in [0.05, 0.1) is 39.9 Å². The molecule has 298 valence electrons. The summed E-state index contributed by atoms with van der Waals surface area (Å²) in [5.74, 6) is 0.753. The van der Waals surface area contributed by atoms with Gasteiger partial charge in [0.25, 0.3) is 0 Å². The van der Waals surface area contributed by atoms with E-state index in [1.165, 1.54) is 37.1 Å². The first kappa shape index (κ1) is 40.2. The van der Waals surface area contributed by atoms with Crippen molar-refractivity contribution in [3.05, 3.63) is 162 Å². The fourth-order valence-corrected chi connectivity index (χ4v) is 9.62. The molecule has 0 aromatic heterocycles. The lowest BCUT2D eigenvalue weighted by Crippen LogP contribution is -2.23. The Kier molecular flexibility index (Phi) is 11.5. The van der Waals surface area contributed by atoms with Gasteiger partial charge in [-0.1, -0.05) is 82.8 Å². The minimum absolute atomic E-state index is 0.0137. The molecule has 0 saturated carbocycles. The first-order chi connectivity index (χ1) is 28.0. The molecule has 2 saturated heterocycles. The second-order valence-electron chi connectivity index (χ2n) is 15.1. The molecule has 3 aliphatic heterocycles. The summed E-state index contributed by atoms with van der Waals surface area (Å²) in [5, 5.41) is 0.0786. The maximum Gasteiger partial charge on any atom is 0.341 e. The fourth-order valence-electron chi connectivity index (χ4n) is 8.54. The molecule has 0 spiro atoms. The van der Waals surface area contributed by atoms with E-state index in [0.29, 0.717) is 17.1 Å². The summed E-state index contributed by atoms with van der Waals surface area (Å²) >= 11 is 27.6. The molecule has 10 heteroatoms. The molecular weight excluding hydrogens is 810 g/mol. The second-order valence-corrected chi connectivity index (χ2v) is 16.7. The van der Waals surface area contributed by atoms with Crippen molar-refractivity contribution in [3.8, 4) is 11.5 Å². The Morgan fingerprint density at radius 3 is 1.41 bits per heavy atom. The van der Waals surface area contributed by atoms with Crippen molar-refractivity contribution < 1.29 is 19.0 Å². The highest BCUT2D eigenvalue weighted by atomic mass is 35.5. The molecule has 0 amide bonds. The van der Waals surface area contributed by atoms with Crippen LogP contribution < -0.4 is 19.3 Å². The van der Waals surface area contributed by atoms with Crippen LogP contribution in [0.5, 0.6) is 11.5 Å². The highest BCUT2D eigenvalue weighted by Gasteiger charge is 2.48. The van der Waals surface area contributed by atoms with Crippen molar-refractivity contribution in [1.29, 1.82) is 0 Å². The Balaban J connectivity index is 1.44. The summed E-state index contributed by atoms with van der Waals surface area (Å²) in [5.41, 5.74) is 8.44. The van der Waals surface area contributed by atoms with Crippen LogP contribution in [-0.2, 0) is 10.3 Å². The van der Waals surface area contributed by atoms with E-state index in [9.17, 15) is 4.79 Å². The lowest BCUT2D eigenvalue weighted by Gasteiger charge is -2.28. The SMILES string of the molecule is COc1ccc(/C(=C\C2(/C=C(\c3ccc(OC)cc3)c3ccc(N4CCCC4)cc3C)OC(=O)c3c(Cl)c(Cl)c(Cl)c(Cl)c32)c2ccc(N3CCCC3)cc2C)cc1. The van der Waals surface area contributed by atoms with Crippen LogP contribution in [0.4, 0.5) is 11.4 Å². The van der Waals surface area contributed by atoms with Crippen LogP contribution in [0.15, 0.2) is 97.1 Å². The van der Waals surface area contributed by atoms with E-state index in [2.05, 4.69) is 60.0 Å². The van der Waals surface area contributed by atoms with Crippen LogP contribution in [-0.4, -0.2) is 46.4 Å². The average Bonchev–Trinajstić information content (AvgIpc) is 4.03. The second kappa shape index (κ2) is 16.6. The number of nitrogens with zero attached hydrogens (tertiary/aromatic N) is 2. The predicted octanol–water partition coefficient (Wildman–Crippen LogP) is 12.8. The Bertz CT molecular complexity index is 2320. The molecule has 0 bridgehead atoms. The van der Waals surface area contributed by atoms with E-state index < -0.39 is 11.6 Å². The van der Waals surface area contributed by atoms with Gasteiger partial charge in [-0.3, -0.25) is 0 Å². The number of cyclic esters (lactones) is 1. The van der Waals surface area contributed by atoms with Crippen LogP contribution >= 0.6 is 46.4 Å². The van der Waals surface area contributed by atoms with Crippen LogP contribution in [0.1, 0.15) is 75.0 Å². The first-order valence-electron chi connectivity index (χ1n) is 19.6. The molecule has 8 rings (SSSR count). The molecule has 5 aromatic rings. The molecule has 5 aromatic carbocycles. The Morgan fingerprint density at radius 2 is 1.02 bits per heavy atom. The third kappa shape index (κ3) is 7.45. The number of methoxy groups -OCH3 is 2. The van der Waals surface area contributed by atoms with E-state index >= 15 is 0 Å². The third-order valence-electron chi connectivity index (χ3n) is 11.6. The molecule has 3 heterocycles. The average molecular weight is 855 g/mol. The monoisotopic (exact) mass is 852 g/mol. The summed E-state index contributed by atoms with van der Waals surface area (Å²) in [6.07, 6.45) is 8.63. The highest BCUT2D eigenvalue weighted by Crippen LogP contribution is 2.54. The van der Waals surface area contributed by atoms with Gasteiger partial charge in [-0.15, -0.1) is 0 Å². The van der Waals surface area contributed by atoms with Crippen molar-refractivity contribution >= 4 is 74.9 Å². The van der Waals surface area contributed by atoms with Gasteiger partial charge in [-0.05, 0) is 145 Å². The Morgan fingerprint density at radius 1 is 0.603 bits per heavy atom. The largest absolute Gasteiger partial charge is 0.497 e. The number of anilines is 2. The fraction of sp³-hybridized carbons (Fsp3) is 0.271. The molecule has 2 fully saturated rings. The number of carbonyl (C=O) groups is 1. The van der Waals surface area contributed by atoms with Crippen molar-refractivity contribution in [2.75, 3.05) is 50.2 Å². The topological polar surface area (TPSA) is 51.2 Å². The number of carbonyl (C=O) groups excluding carboxylic acids is 1. The normalized spacial score (nSPS) is 16.5. The van der Waals surface area contributed by atoms with Gasteiger partial charge < -0.3 is 24.0 Å². The smallest absolute Gasteiger partial charge is 0.341 e.